The van der Waals surface area contributed by atoms with Crippen LogP contribution in [0.15, 0.2) is 23.7 Å². The zero-order chi connectivity index (χ0) is 17.7. The first-order valence-corrected chi connectivity index (χ1v) is 8.30. The highest BCUT2D eigenvalue weighted by molar-refractivity contribution is 9.11. The average molecular weight is 385 g/mol. The van der Waals surface area contributed by atoms with Gasteiger partial charge in [0.05, 0.1) is 14.2 Å². The van der Waals surface area contributed by atoms with Crippen LogP contribution in [0.1, 0.15) is 44.9 Å². The first kappa shape index (κ1) is 21.5. The van der Waals surface area contributed by atoms with Gasteiger partial charge in [0.15, 0.2) is 5.41 Å². The van der Waals surface area contributed by atoms with Crippen molar-refractivity contribution in [3.8, 4) is 11.8 Å². The van der Waals surface area contributed by atoms with Crippen molar-refractivity contribution < 1.29 is 19.1 Å². The van der Waals surface area contributed by atoms with E-state index in [-0.39, 0.29) is 12.8 Å². The van der Waals surface area contributed by atoms with E-state index in [0.717, 1.165) is 25.7 Å². The SMILES string of the molecule is C=CCCCCC#CCCC(CC(=C)Br)(C(=O)OC)C(=O)OC. The lowest BCUT2D eigenvalue weighted by Gasteiger charge is -2.27. The molecule has 0 saturated heterocycles. The second kappa shape index (κ2) is 12.0. The van der Waals surface area contributed by atoms with Crippen LogP contribution in [0.2, 0.25) is 0 Å². The number of unbranched alkanes of at least 4 members (excludes halogenated alkanes) is 3. The summed E-state index contributed by atoms with van der Waals surface area (Å²) in [7, 11) is 2.50. The molecule has 0 unspecified atom stereocenters. The number of carbonyl (C=O) groups excluding carboxylic acids is 2. The van der Waals surface area contributed by atoms with Gasteiger partial charge in [-0.25, -0.2) is 0 Å². The van der Waals surface area contributed by atoms with Gasteiger partial charge in [0.2, 0.25) is 0 Å². The lowest BCUT2D eigenvalue weighted by Crippen LogP contribution is -2.41. The van der Waals surface area contributed by atoms with Crippen LogP contribution in [-0.4, -0.2) is 26.2 Å². The standard InChI is InChI=1S/C18H25BrO4/c1-5-6-7-8-9-10-11-12-13-18(14-15(2)19,16(20)22-3)17(21)23-4/h5H,1-2,6-9,12-14H2,3-4H3. The van der Waals surface area contributed by atoms with Crippen LogP contribution in [0.25, 0.3) is 0 Å². The highest BCUT2D eigenvalue weighted by Gasteiger charge is 2.47. The summed E-state index contributed by atoms with van der Waals surface area (Å²) >= 11 is 3.21. The van der Waals surface area contributed by atoms with Crippen LogP contribution in [0.3, 0.4) is 0 Å². The second-order valence-electron chi connectivity index (χ2n) is 5.15. The molecule has 0 spiro atoms. The molecule has 128 valence electrons. The molecule has 0 aromatic heterocycles. The zero-order valence-corrected chi connectivity index (χ0v) is 15.5. The van der Waals surface area contributed by atoms with Gasteiger partial charge in [0.1, 0.15) is 0 Å². The molecule has 0 aliphatic rings. The molecule has 4 nitrogen and oxygen atoms in total. The Bertz CT molecular complexity index is 469. The number of esters is 2. The number of methoxy groups -OCH3 is 2. The van der Waals surface area contributed by atoms with E-state index in [2.05, 4.69) is 40.9 Å². The molecule has 0 saturated carbocycles. The summed E-state index contributed by atoms with van der Waals surface area (Å²) in [5.74, 6) is 4.82. The largest absolute Gasteiger partial charge is 0.468 e. The molecule has 0 atom stereocenters. The Balaban J connectivity index is 4.85. The minimum absolute atomic E-state index is 0.118. The van der Waals surface area contributed by atoms with Gasteiger partial charge in [-0.05, 0) is 30.2 Å². The second-order valence-corrected chi connectivity index (χ2v) is 6.27. The molecule has 0 aliphatic carbocycles. The summed E-state index contributed by atoms with van der Waals surface area (Å²) in [6.45, 7) is 7.39. The molecular weight excluding hydrogens is 360 g/mol. The summed E-state index contributed by atoms with van der Waals surface area (Å²) in [4.78, 5) is 24.3. The fourth-order valence-electron chi connectivity index (χ4n) is 2.19. The molecular formula is C18H25BrO4. The fraction of sp³-hybridized carbons (Fsp3) is 0.556. The molecule has 5 heteroatoms. The molecule has 0 amide bonds. The van der Waals surface area contributed by atoms with Crippen LogP contribution in [0, 0.1) is 17.3 Å². The minimum atomic E-state index is -1.40. The van der Waals surface area contributed by atoms with Gasteiger partial charge in [-0.2, -0.15) is 0 Å². The molecule has 0 radical (unpaired) electrons. The van der Waals surface area contributed by atoms with E-state index < -0.39 is 17.4 Å². The number of halogens is 1. The maximum atomic E-state index is 12.2. The van der Waals surface area contributed by atoms with E-state index >= 15 is 0 Å². The molecule has 0 fully saturated rings. The smallest absolute Gasteiger partial charge is 0.323 e. The predicted molar refractivity (Wildman–Crippen MR) is 94.8 cm³/mol. The molecule has 0 aromatic rings. The minimum Gasteiger partial charge on any atom is -0.468 e. The number of carbonyl (C=O) groups is 2. The van der Waals surface area contributed by atoms with Crippen molar-refractivity contribution in [1.82, 2.24) is 0 Å². The average Bonchev–Trinajstić information content (AvgIpc) is 2.54. The number of ether oxygens (including phenoxy) is 2. The first-order chi connectivity index (χ1) is 10.9. The molecule has 0 N–H and O–H groups in total. The number of allylic oxidation sites excluding steroid dienone is 2. The third-order valence-corrected chi connectivity index (χ3v) is 3.69. The van der Waals surface area contributed by atoms with Crippen LogP contribution < -0.4 is 0 Å². The third kappa shape index (κ3) is 7.51. The van der Waals surface area contributed by atoms with Crippen molar-refractivity contribution in [1.29, 1.82) is 0 Å². The van der Waals surface area contributed by atoms with Gasteiger partial charge >= 0.3 is 11.9 Å². The van der Waals surface area contributed by atoms with Crippen molar-refractivity contribution in [2.75, 3.05) is 14.2 Å². The Hall–Kier alpha value is -1.54. The third-order valence-electron chi connectivity index (χ3n) is 3.41. The van der Waals surface area contributed by atoms with Gasteiger partial charge < -0.3 is 9.47 Å². The Morgan fingerprint density at radius 1 is 1.13 bits per heavy atom. The summed E-state index contributed by atoms with van der Waals surface area (Å²) in [6.07, 6.45) is 6.51. The van der Waals surface area contributed by atoms with Gasteiger partial charge in [-0.1, -0.05) is 28.6 Å². The predicted octanol–water partition coefficient (Wildman–Crippen LogP) is 4.15. The molecule has 0 heterocycles. The van der Waals surface area contributed by atoms with Crippen LogP contribution in [-0.2, 0) is 19.1 Å². The maximum absolute atomic E-state index is 12.2. The first-order valence-electron chi connectivity index (χ1n) is 7.51. The number of rotatable bonds is 10. The molecule has 0 rings (SSSR count). The summed E-state index contributed by atoms with van der Waals surface area (Å²) in [5.41, 5.74) is -1.40. The quantitative estimate of drug-likeness (QED) is 0.186. The van der Waals surface area contributed by atoms with Gasteiger partial charge in [0.25, 0.3) is 0 Å². The van der Waals surface area contributed by atoms with Gasteiger partial charge in [0, 0.05) is 19.3 Å². The summed E-state index contributed by atoms with van der Waals surface area (Å²) in [6, 6.07) is 0. The van der Waals surface area contributed by atoms with Crippen molar-refractivity contribution in [2.45, 2.75) is 44.9 Å². The van der Waals surface area contributed by atoms with Gasteiger partial charge in [-0.3, -0.25) is 9.59 Å². The molecule has 0 aromatic carbocycles. The number of hydrogen-bond acceptors (Lipinski definition) is 4. The Labute approximate surface area is 147 Å². The lowest BCUT2D eigenvalue weighted by atomic mass is 9.80. The van der Waals surface area contributed by atoms with Crippen LogP contribution in [0.4, 0.5) is 0 Å². The highest BCUT2D eigenvalue weighted by atomic mass is 79.9. The normalized spacial score (nSPS) is 10.2. The van der Waals surface area contributed by atoms with E-state index in [1.54, 1.807) is 0 Å². The van der Waals surface area contributed by atoms with Crippen molar-refractivity contribution in [2.24, 2.45) is 5.41 Å². The highest BCUT2D eigenvalue weighted by Crippen LogP contribution is 2.36. The maximum Gasteiger partial charge on any atom is 0.323 e. The van der Waals surface area contributed by atoms with Gasteiger partial charge in [-0.15, -0.1) is 18.4 Å². The van der Waals surface area contributed by atoms with E-state index in [9.17, 15) is 9.59 Å². The molecule has 0 bridgehead atoms. The lowest BCUT2D eigenvalue weighted by molar-refractivity contribution is -0.169. The summed E-state index contributed by atoms with van der Waals surface area (Å²) < 4.78 is 10.1. The molecule has 0 aliphatic heterocycles. The van der Waals surface area contributed by atoms with Crippen molar-refractivity contribution >= 4 is 27.9 Å². The Morgan fingerprint density at radius 3 is 2.17 bits per heavy atom. The van der Waals surface area contributed by atoms with E-state index in [0.29, 0.717) is 10.9 Å². The monoisotopic (exact) mass is 384 g/mol. The molecule has 23 heavy (non-hydrogen) atoms. The van der Waals surface area contributed by atoms with Crippen LogP contribution in [0.5, 0.6) is 0 Å². The van der Waals surface area contributed by atoms with E-state index in [4.69, 9.17) is 9.47 Å². The summed E-state index contributed by atoms with van der Waals surface area (Å²) in [5, 5.41) is 0. The fourth-order valence-corrected chi connectivity index (χ4v) is 2.67. The Morgan fingerprint density at radius 2 is 1.70 bits per heavy atom. The van der Waals surface area contributed by atoms with Crippen molar-refractivity contribution in [3.05, 3.63) is 23.7 Å². The van der Waals surface area contributed by atoms with Crippen LogP contribution >= 0.6 is 15.9 Å². The van der Waals surface area contributed by atoms with E-state index in [1.807, 2.05) is 6.08 Å². The Kier molecular flexibility index (Phi) is 11.2. The topological polar surface area (TPSA) is 52.6 Å². The van der Waals surface area contributed by atoms with E-state index in [1.165, 1.54) is 14.2 Å². The van der Waals surface area contributed by atoms with Crippen molar-refractivity contribution in [3.63, 3.8) is 0 Å². The zero-order valence-electron chi connectivity index (χ0n) is 14.0. The number of hydrogen-bond donors (Lipinski definition) is 0.